The number of aromatic nitrogens is 4. The second-order valence-corrected chi connectivity index (χ2v) is 7.66. The van der Waals surface area contributed by atoms with Crippen LogP contribution in [0.15, 0.2) is 18.5 Å². The molecule has 5 atom stereocenters. The van der Waals surface area contributed by atoms with Crippen molar-refractivity contribution in [2.45, 2.75) is 37.0 Å². The number of carboxylic acids is 1. The third kappa shape index (κ3) is 5.70. The lowest BCUT2D eigenvalue weighted by atomic mass is 10.1. The Balaban J connectivity index is 1.61. The third-order valence-electron chi connectivity index (χ3n) is 4.92. The highest BCUT2D eigenvalue weighted by Gasteiger charge is 2.43. The Kier molecular flexibility index (Phi) is 8.06. The van der Waals surface area contributed by atoms with Crippen LogP contribution in [0.25, 0.3) is 11.2 Å². The number of ether oxygens (including phenoxy) is 1. The summed E-state index contributed by atoms with van der Waals surface area (Å²) in [5.41, 5.74) is 6.23. The van der Waals surface area contributed by atoms with E-state index in [1.165, 1.54) is 10.9 Å². The number of aliphatic carboxylic acids is 1. The average molecular weight is 484 g/mol. The number of H-pyrrole nitrogens is 1. The number of imidazole rings is 1. The molecule has 15 heteroatoms. The lowest BCUT2D eigenvalue weighted by molar-refractivity contribution is -0.139. The van der Waals surface area contributed by atoms with E-state index < -0.39 is 55.5 Å². The highest BCUT2D eigenvalue weighted by molar-refractivity contribution is 7.71. The van der Waals surface area contributed by atoms with Gasteiger partial charge in [-0.15, -0.1) is 0 Å². The van der Waals surface area contributed by atoms with Crippen LogP contribution in [0.3, 0.4) is 0 Å². The number of fused-ring (bicyclic) bond motifs is 1. The zero-order valence-electron chi connectivity index (χ0n) is 17.3. The molecule has 1 aliphatic rings. The van der Waals surface area contributed by atoms with Gasteiger partial charge in [-0.05, 0) is 0 Å². The van der Waals surface area contributed by atoms with Crippen molar-refractivity contribution in [1.29, 1.82) is 0 Å². The van der Waals surface area contributed by atoms with Gasteiger partial charge >= 0.3 is 5.97 Å². The molecule has 1 amide bonds. The second kappa shape index (κ2) is 10.8. The zero-order valence-corrected chi connectivity index (χ0v) is 18.1. The molecule has 0 radical (unpaired) electrons. The van der Waals surface area contributed by atoms with E-state index >= 15 is 0 Å². The van der Waals surface area contributed by atoms with Gasteiger partial charge in [0.2, 0.25) is 11.9 Å². The van der Waals surface area contributed by atoms with Crippen molar-refractivity contribution >= 4 is 41.2 Å². The van der Waals surface area contributed by atoms with Crippen LogP contribution >= 0.6 is 12.2 Å². The van der Waals surface area contributed by atoms with E-state index in [9.17, 15) is 24.9 Å². The Morgan fingerprint density at radius 2 is 2.06 bits per heavy atom. The number of amides is 1. The molecule has 1 fully saturated rings. The number of carbonyl (C=O) groups is 2. The Bertz CT molecular complexity index is 1090. The molecule has 9 N–H and O–H groups in total. The van der Waals surface area contributed by atoms with Crippen LogP contribution in [0.1, 0.15) is 12.6 Å². The number of aliphatic hydroxyl groups is 3. The second-order valence-electron chi connectivity index (χ2n) is 7.27. The number of aromatic amines is 1. The number of hydrogen-bond donors (Lipinski definition) is 8. The van der Waals surface area contributed by atoms with Crippen LogP contribution in [-0.4, -0.2) is 95.9 Å². The molecule has 3 rings (SSSR count). The number of nitrogens with zero attached hydrogens (tertiary/aromatic N) is 3. The molecule has 33 heavy (non-hydrogen) atoms. The molecule has 0 bridgehead atoms. The maximum atomic E-state index is 11.7. The molecule has 2 aromatic rings. The summed E-state index contributed by atoms with van der Waals surface area (Å²) in [6.45, 7) is 0.0150. The summed E-state index contributed by atoms with van der Waals surface area (Å²) >= 11 is 5.27. The lowest BCUT2D eigenvalue weighted by Gasteiger charge is -2.17. The Morgan fingerprint density at radius 3 is 2.73 bits per heavy atom. The van der Waals surface area contributed by atoms with Crippen molar-refractivity contribution in [2.75, 3.05) is 25.0 Å². The monoisotopic (exact) mass is 483 g/mol. The van der Waals surface area contributed by atoms with Crippen LogP contribution in [0.4, 0.5) is 5.95 Å². The molecule has 180 valence electrons. The van der Waals surface area contributed by atoms with Crippen molar-refractivity contribution in [3.8, 4) is 0 Å². The normalized spacial score (nSPS) is 23.8. The molecule has 0 saturated carbocycles. The smallest absolute Gasteiger partial charge is 0.305 e. The van der Waals surface area contributed by atoms with Gasteiger partial charge in [-0.1, -0.05) is 24.4 Å². The fourth-order valence-corrected chi connectivity index (χ4v) is 3.46. The fourth-order valence-electron chi connectivity index (χ4n) is 3.22. The molecule has 1 saturated heterocycles. The van der Waals surface area contributed by atoms with Gasteiger partial charge in [0.1, 0.15) is 29.5 Å². The number of carboxylic acid groups (broad SMARTS) is 1. The van der Waals surface area contributed by atoms with Crippen LogP contribution in [0.5, 0.6) is 0 Å². The lowest BCUT2D eigenvalue weighted by Crippen LogP contribution is -2.41. The van der Waals surface area contributed by atoms with Gasteiger partial charge in [0.15, 0.2) is 10.9 Å². The summed E-state index contributed by atoms with van der Waals surface area (Å²) in [7, 11) is 0. The highest BCUT2D eigenvalue weighted by atomic mass is 32.1. The van der Waals surface area contributed by atoms with E-state index in [4.69, 9.17) is 27.8 Å². The number of anilines is 1. The van der Waals surface area contributed by atoms with Gasteiger partial charge in [0, 0.05) is 13.1 Å². The van der Waals surface area contributed by atoms with Crippen molar-refractivity contribution in [3.05, 3.63) is 23.1 Å². The van der Waals surface area contributed by atoms with Crippen LogP contribution in [0, 0.1) is 4.64 Å². The fraction of sp³-hybridized carbons (Fsp3) is 0.500. The third-order valence-corrected chi connectivity index (χ3v) is 5.20. The first-order valence-electron chi connectivity index (χ1n) is 9.96. The molecule has 2 unspecified atom stereocenters. The van der Waals surface area contributed by atoms with Gasteiger partial charge in [-0.2, -0.15) is 0 Å². The SMILES string of the molecule is NC(CC(=O)O)C(=O)NCC=CCNc1nc(=S)c2ncn([C@@H]3O[C@H](CO)[C@H](O)C3O)c2[nH]1. The van der Waals surface area contributed by atoms with E-state index in [0.717, 1.165) is 0 Å². The largest absolute Gasteiger partial charge is 0.481 e. The Labute approximate surface area is 192 Å². The zero-order chi connectivity index (χ0) is 24.1. The van der Waals surface area contributed by atoms with Crippen LogP contribution in [-0.2, 0) is 14.3 Å². The first kappa shape index (κ1) is 24.7. The minimum atomic E-state index is -1.28. The molecule has 0 aliphatic carbocycles. The number of rotatable bonds is 10. The first-order valence-corrected chi connectivity index (χ1v) is 10.4. The number of aliphatic hydroxyl groups excluding tert-OH is 3. The number of nitrogens with two attached hydrogens (primary N) is 1. The van der Waals surface area contributed by atoms with Gasteiger partial charge in [-0.25, -0.2) is 9.97 Å². The number of hydrogen-bond acceptors (Lipinski definition) is 11. The van der Waals surface area contributed by atoms with Crippen molar-refractivity contribution in [3.63, 3.8) is 0 Å². The van der Waals surface area contributed by atoms with Crippen LogP contribution in [0.2, 0.25) is 0 Å². The quantitative estimate of drug-likeness (QED) is 0.136. The Morgan fingerprint density at radius 1 is 1.33 bits per heavy atom. The summed E-state index contributed by atoms with van der Waals surface area (Å²) in [6, 6.07) is -1.12. The van der Waals surface area contributed by atoms with Gasteiger partial charge < -0.3 is 46.5 Å². The number of carbonyl (C=O) groups excluding carboxylic acids is 1. The summed E-state index contributed by atoms with van der Waals surface area (Å²) in [4.78, 5) is 33.6. The molecular weight excluding hydrogens is 458 g/mol. The van der Waals surface area contributed by atoms with Gasteiger partial charge in [0.05, 0.1) is 25.4 Å². The van der Waals surface area contributed by atoms with Crippen molar-refractivity contribution < 1.29 is 34.8 Å². The predicted octanol–water partition coefficient (Wildman–Crippen LogP) is -2.01. The minimum Gasteiger partial charge on any atom is -0.481 e. The van der Waals surface area contributed by atoms with Crippen molar-refractivity contribution in [1.82, 2.24) is 24.8 Å². The summed E-state index contributed by atoms with van der Waals surface area (Å²) < 4.78 is 7.20. The van der Waals surface area contributed by atoms with Gasteiger partial charge in [-0.3, -0.25) is 14.2 Å². The van der Waals surface area contributed by atoms with E-state index in [-0.39, 0.29) is 11.2 Å². The Hall–Kier alpha value is -2.95. The van der Waals surface area contributed by atoms with E-state index in [1.54, 1.807) is 12.2 Å². The first-order chi connectivity index (χ1) is 15.7. The molecule has 0 spiro atoms. The predicted molar refractivity (Wildman–Crippen MR) is 117 cm³/mol. The van der Waals surface area contributed by atoms with Gasteiger partial charge in [0.25, 0.3) is 0 Å². The minimum absolute atomic E-state index is 0.161. The molecule has 14 nitrogen and oxygen atoms in total. The van der Waals surface area contributed by atoms with E-state index in [2.05, 4.69) is 25.6 Å². The molecule has 0 aromatic carbocycles. The maximum absolute atomic E-state index is 11.7. The van der Waals surface area contributed by atoms with E-state index in [1.807, 2.05) is 0 Å². The summed E-state index contributed by atoms with van der Waals surface area (Å²) in [5.74, 6) is -1.42. The van der Waals surface area contributed by atoms with E-state index in [0.29, 0.717) is 23.7 Å². The summed E-state index contributed by atoms with van der Waals surface area (Å²) in [6.07, 6.45) is -0.182. The molecule has 3 heterocycles. The summed E-state index contributed by atoms with van der Waals surface area (Å²) in [5, 5.41) is 43.7. The topological polar surface area (TPSA) is 221 Å². The molecular formula is C18H25N7O7S. The number of nitrogens with one attached hydrogen (secondary N) is 3. The average Bonchev–Trinajstić information content (AvgIpc) is 3.31. The molecule has 2 aromatic heterocycles. The standard InChI is InChI=1S/C18H25N7O7S/c19-8(5-10(27)28)15(31)20-3-1-2-4-21-18-23-14-11(16(33)24-18)22-7-25(14)17-13(30)12(29)9(6-26)32-17/h1-2,7-9,12-13,17,26,29-30H,3-6,19H2,(H,20,31)(H,27,28)(H2,21,23,24,33)/t8?,9-,12+,13?,17-/m1/s1. The van der Waals surface area contributed by atoms with Crippen molar-refractivity contribution in [2.24, 2.45) is 5.73 Å². The molecule has 1 aliphatic heterocycles. The highest BCUT2D eigenvalue weighted by Crippen LogP contribution is 2.31. The van der Waals surface area contributed by atoms with Crippen LogP contribution < -0.4 is 16.4 Å². The maximum Gasteiger partial charge on any atom is 0.305 e.